The zero-order valence-corrected chi connectivity index (χ0v) is 13.4. The van der Waals surface area contributed by atoms with E-state index in [4.69, 9.17) is 4.74 Å². The summed E-state index contributed by atoms with van der Waals surface area (Å²) in [7, 11) is 3.79. The maximum absolute atomic E-state index is 5.30. The van der Waals surface area contributed by atoms with Gasteiger partial charge in [0.2, 0.25) is 0 Å². The zero-order valence-electron chi connectivity index (χ0n) is 13.4. The van der Waals surface area contributed by atoms with E-state index in [2.05, 4.69) is 21.1 Å². The molecule has 5 nitrogen and oxygen atoms in total. The Hall–Kier alpha value is -0.910. The zero-order chi connectivity index (χ0) is 14.7. The number of aromatic nitrogens is 2. The highest BCUT2D eigenvalue weighted by Crippen LogP contribution is 2.37. The maximum atomic E-state index is 5.30. The number of ether oxygens (including phenoxy) is 1. The predicted octanol–water partition coefficient (Wildman–Crippen LogP) is 1.50. The number of aryl methyl sites for hydroxylation is 1. The minimum atomic E-state index is 0.402. The summed E-state index contributed by atoms with van der Waals surface area (Å²) >= 11 is 0. The van der Waals surface area contributed by atoms with E-state index in [0.29, 0.717) is 5.54 Å². The normalized spacial score (nSPS) is 27.7. The van der Waals surface area contributed by atoms with Crippen LogP contribution in [0.5, 0.6) is 0 Å². The summed E-state index contributed by atoms with van der Waals surface area (Å²) in [6.07, 6.45) is 9.48. The topological polar surface area (TPSA) is 33.5 Å². The van der Waals surface area contributed by atoms with E-state index < -0.39 is 0 Å². The third kappa shape index (κ3) is 3.30. The first kappa shape index (κ1) is 15.0. The van der Waals surface area contributed by atoms with Crippen LogP contribution >= 0.6 is 0 Å². The standard InChI is InChI=1S/C16H28N4O/c1-18-12-15(11-17-18)13-19-7-3-5-16(14-19)6-4-8-20(16)9-10-21-2/h11-12H,3-10,13-14H2,1-2H3. The van der Waals surface area contributed by atoms with E-state index >= 15 is 0 Å². The smallest absolute Gasteiger partial charge is 0.0589 e. The summed E-state index contributed by atoms with van der Waals surface area (Å²) in [5.74, 6) is 0. The highest BCUT2D eigenvalue weighted by Gasteiger charge is 2.43. The van der Waals surface area contributed by atoms with E-state index in [-0.39, 0.29) is 0 Å². The van der Waals surface area contributed by atoms with Gasteiger partial charge in [0.15, 0.2) is 0 Å². The summed E-state index contributed by atoms with van der Waals surface area (Å²) in [6.45, 7) is 6.62. The summed E-state index contributed by atoms with van der Waals surface area (Å²) in [5, 5.41) is 4.29. The molecule has 2 aliphatic rings. The van der Waals surface area contributed by atoms with Crippen LogP contribution in [0.3, 0.4) is 0 Å². The second-order valence-corrected chi connectivity index (χ2v) is 6.64. The molecule has 0 radical (unpaired) electrons. The van der Waals surface area contributed by atoms with Crippen LogP contribution in [-0.4, -0.2) is 65.0 Å². The lowest BCUT2D eigenvalue weighted by Crippen LogP contribution is -2.55. The average Bonchev–Trinajstić information content (AvgIpc) is 3.04. The lowest BCUT2D eigenvalue weighted by Gasteiger charge is -2.46. The molecule has 3 heterocycles. The molecule has 2 fully saturated rings. The molecule has 21 heavy (non-hydrogen) atoms. The molecular formula is C16H28N4O. The summed E-state index contributed by atoms with van der Waals surface area (Å²) in [6, 6.07) is 0. The second-order valence-electron chi connectivity index (χ2n) is 6.64. The first-order chi connectivity index (χ1) is 10.2. The van der Waals surface area contributed by atoms with Crippen molar-refractivity contribution < 1.29 is 4.74 Å². The largest absolute Gasteiger partial charge is 0.383 e. The van der Waals surface area contributed by atoms with Crippen molar-refractivity contribution >= 4 is 0 Å². The fraction of sp³-hybridized carbons (Fsp3) is 0.812. The molecule has 5 heteroatoms. The molecular weight excluding hydrogens is 264 g/mol. The molecule has 0 amide bonds. The van der Waals surface area contributed by atoms with Gasteiger partial charge in [0.25, 0.3) is 0 Å². The highest BCUT2D eigenvalue weighted by molar-refractivity contribution is 5.06. The second kappa shape index (κ2) is 6.46. The fourth-order valence-corrected chi connectivity index (χ4v) is 4.16. The van der Waals surface area contributed by atoms with Gasteiger partial charge >= 0.3 is 0 Å². The average molecular weight is 292 g/mol. The SMILES string of the molecule is COCCN1CCCC12CCCN(Cc1cnn(C)c1)C2. The molecule has 1 spiro atoms. The number of nitrogens with zero attached hydrogens (tertiary/aromatic N) is 4. The Kier molecular flexibility index (Phi) is 4.62. The van der Waals surface area contributed by atoms with E-state index in [1.807, 2.05) is 17.9 Å². The molecule has 1 aromatic heterocycles. The molecule has 2 aliphatic heterocycles. The molecule has 3 rings (SSSR count). The van der Waals surface area contributed by atoms with Crippen molar-refractivity contribution in [2.24, 2.45) is 7.05 Å². The number of piperidine rings is 1. The predicted molar refractivity (Wildman–Crippen MR) is 83.1 cm³/mol. The number of hydrogen-bond donors (Lipinski definition) is 0. The first-order valence-electron chi connectivity index (χ1n) is 8.16. The van der Waals surface area contributed by atoms with Crippen LogP contribution in [0.4, 0.5) is 0 Å². The van der Waals surface area contributed by atoms with Crippen LogP contribution in [0.15, 0.2) is 12.4 Å². The Morgan fingerprint density at radius 2 is 2.10 bits per heavy atom. The molecule has 0 aliphatic carbocycles. The fourth-order valence-electron chi connectivity index (χ4n) is 4.16. The molecule has 1 atom stereocenters. The summed E-state index contributed by atoms with van der Waals surface area (Å²) in [4.78, 5) is 5.30. The first-order valence-corrected chi connectivity index (χ1v) is 8.16. The molecule has 118 valence electrons. The van der Waals surface area contributed by atoms with Gasteiger partial charge in [-0.2, -0.15) is 5.10 Å². The van der Waals surface area contributed by atoms with E-state index in [9.17, 15) is 0 Å². The molecule has 0 N–H and O–H groups in total. The van der Waals surface area contributed by atoms with Crippen LogP contribution in [0, 0.1) is 0 Å². The molecule has 0 aromatic carbocycles. The number of methoxy groups -OCH3 is 1. The molecule has 1 unspecified atom stereocenters. The van der Waals surface area contributed by atoms with Crippen molar-refractivity contribution in [1.82, 2.24) is 19.6 Å². The van der Waals surface area contributed by atoms with E-state index in [1.54, 1.807) is 7.11 Å². The lowest BCUT2D eigenvalue weighted by atomic mass is 9.86. The van der Waals surface area contributed by atoms with Crippen LogP contribution in [0.1, 0.15) is 31.2 Å². The van der Waals surface area contributed by atoms with Gasteiger partial charge in [0, 0.05) is 51.1 Å². The Balaban J connectivity index is 1.64. The summed E-state index contributed by atoms with van der Waals surface area (Å²) < 4.78 is 7.20. The quantitative estimate of drug-likeness (QED) is 0.823. The van der Waals surface area contributed by atoms with Gasteiger partial charge in [0.1, 0.15) is 0 Å². The van der Waals surface area contributed by atoms with Crippen LogP contribution in [-0.2, 0) is 18.3 Å². The number of hydrogen-bond acceptors (Lipinski definition) is 4. The van der Waals surface area contributed by atoms with E-state index in [0.717, 1.165) is 19.7 Å². The van der Waals surface area contributed by atoms with Gasteiger partial charge in [-0.25, -0.2) is 0 Å². The van der Waals surface area contributed by atoms with Crippen LogP contribution < -0.4 is 0 Å². The van der Waals surface area contributed by atoms with Crippen molar-refractivity contribution in [2.45, 2.75) is 37.8 Å². The van der Waals surface area contributed by atoms with Crippen molar-refractivity contribution in [3.63, 3.8) is 0 Å². The van der Waals surface area contributed by atoms with Crippen LogP contribution in [0.2, 0.25) is 0 Å². The van der Waals surface area contributed by atoms with Crippen LogP contribution in [0.25, 0.3) is 0 Å². The Morgan fingerprint density at radius 3 is 2.81 bits per heavy atom. The Morgan fingerprint density at radius 1 is 1.29 bits per heavy atom. The molecule has 0 saturated carbocycles. The Bertz CT molecular complexity index is 461. The van der Waals surface area contributed by atoms with Gasteiger partial charge < -0.3 is 4.74 Å². The lowest BCUT2D eigenvalue weighted by molar-refractivity contribution is 0.0230. The maximum Gasteiger partial charge on any atom is 0.0589 e. The third-order valence-electron chi connectivity index (χ3n) is 5.11. The van der Waals surface area contributed by atoms with Gasteiger partial charge in [0.05, 0.1) is 12.8 Å². The van der Waals surface area contributed by atoms with Gasteiger partial charge in [-0.3, -0.25) is 14.5 Å². The van der Waals surface area contributed by atoms with Gasteiger partial charge in [-0.05, 0) is 38.8 Å². The van der Waals surface area contributed by atoms with Crippen molar-refractivity contribution in [2.75, 3.05) is 39.9 Å². The van der Waals surface area contributed by atoms with Crippen molar-refractivity contribution in [3.8, 4) is 0 Å². The highest BCUT2D eigenvalue weighted by atomic mass is 16.5. The van der Waals surface area contributed by atoms with Gasteiger partial charge in [-0.15, -0.1) is 0 Å². The number of likely N-dealkylation sites (tertiary alicyclic amines) is 2. The van der Waals surface area contributed by atoms with Crippen molar-refractivity contribution in [1.29, 1.82) is 0 Å². The minimum Gasteiger partial charge on any atom is -0.383 e. The molecule has 1 aromatic rings. The monoisotopic (exact) mass is 292 g/mol. The van der Waals surface area contributed by atoms with Crippen molar-refractivity contribution in [3.05, 3.63) is 18.0 Å². The van der Waals surface area contributed by atoms with Gasteiger partial charge in [-0.1, -0.05) is 0 Å². The number of rotatable bonds is 5. The molecule has 0 bridgehead atoms. The van der Waals surface area contributed by atoms with E-state index in [1.165, 1.54) is 50.9 Å². The molecule has 2 saturated heterocycles. The third-order valence-corrected chi connectivity index (χ3v) is 5.11. The summed E-state index contributed by atoms with van der Waals surface area (Å²) in [5.41, 5.74) is 1.73. The Labute approximate surface area is 127 Å². The minimum absolute atomic E-state index is 0.402.